The molecule has 5 heteroatoms. The van der Waals surface area contributed by atoms with Gasteiger partial charge in [-0.1, -0.05) is 18.2 Å². The van der Waals surface area contributed by atoms with Gasteiger partial charge in [-0.2, -0.15) is 0 Å². The molecule has 3 N–H and O–H groups in total. The molecule has 3 aromatic carbocycles. The SMILES string of the molecule is Cc1cc(C)cc(NC(=S)Nc2ccc(-c3nc4ccccc4[nH]3)cc2)c1. The molecule has 1 heterocycles. The van der Waals surface area contributed by atoms with Gasteiger partial charge in [-0.25, -0.2) is 4.98 Å². The first kappa shape index (κ1) is 17.2. The fraction of sp³-hybridized carbons (Fsp3) is 0.0909. The van der Waals surface area contributed by atoms with E-state index in [4.69, 9.17) is 12.2 Å². The van der Waals surface area contributed by atoms with Crippen molar-refractivity contribution in [3.8, 4) is 11.4 Å². The molecular weight excluding hydrogens is 352 g/mol. The predicted octanol–water partition coefficient (Wildman–Crippen LogP) is 5.66. The highest BCUT2D eigenvalue weighted by Gasteiger charge is 2.06. The van der Waals surface area contributed by atoms with Crippen molar-refractivity contribution in [1.29, 1.82) is 0 Å². The van der Waals surface area contributed by atoms with E-state index in [2.05, 4.69) is 52.6 Å². The second-order valence-corrected chi connectivity index (χ2v) is 7.04. The van der Waals surface area contributed by atoms with Crippen LogP contribution in [0.4, 0.5) is 11.4 Å². The Morgan fingerprint density at radius 3 is 2.22 bits per heavy atom. The van der Waals surface area contributed by atoms with E-state index in [0.29, 0.717) is 5.11 Å². The number of para-hydroxylation sites is 2. The highest BCUT2D eigenvalue weighted by molar-refractivity contribution is 7.80. The molecule has 0 fully saturated rings. The maximum absolute atomic E-state index is 5.43. The number of imidazole rings is 1. The molecule has 4 rings (SSSR count). The number of fused-ring (bicyclic) bond motifs is 1. The van der Waals surface area contributed by atoms with Crippen molar-refractivity contribution < 1.29 is 0 Å². The summed E-state index contributed by atoms with van der Waals surface area (Å²) in [5, 5.41) is 7.03. The standard InChI is InChI=1S/C22H20N4S/c1-14-11-15(2)13-18(12-14)24-22(27)23-17-9-7-16(8-10-17)21-25-19-5-3-4-6-20(19)26-21/h3-13H,1-2H3,(H,25,26)(H2,23,24,27). The summed E-state index contributed by atoms with van der Waals surface area (Å²) >= 11 is 5.43. The number of H-pyrrole nitrogens is 1. The quantitative estimate of drug-likeness (QED) is 0.406. The Bertz CT molecular complexity index is 1060. The Morgan fingerprint density at radius 2 is 1.52 bits per heavy atom. The molecule has 4 nitrogen and oxygen atoms in total. The van der Waals surface area contributed by atoms with Crippen molar-refractivity contribution in [3.05, 3.63) is 77.9 Å². The number of hydrogen-bond donors (Lipinski definition) is 3. The summed E-state index contributed by atoms with van der Waals surface area (Å²) in [6, 6.07) is 22.4. The zero-order valence-electron chi connectivity index (χ0n) is 15.2. The van der Waals surface area contributed by atoms with Crippen molar-refractivity contribution in [2.75, 3.05) is 10.6 Å². The van der Waals surface area contributed by atoms with E-state index in [1.807, 2.05) is 48.5 Å². The van der Waals surface area contributed by atoms with Crippen LogP contribution in [0.15, 0.2) is 66.7 Å². The van der Waals surface area contributed by atoms with Gasteiger partial charge in [0, 0.05) is 16.9 Å². The summed E-state index contributed by atoms with van der Waals surface area (Å²) in [4.78, 5) is 7.98. The van der Waals surface area contributed by atoms with Crippen LogP contribution in [-0.2, 0) is 0 Å². The van der Waals surface area contributed by atoms with Gasteiger partial charge in [0.05, 0.1) is 11.0 Å². The van der Waals surface area contributed by atoms with Crippen molar-refractivity contribution in [3.63, 3.8) is 0 Å². The molecule has 0 amide bonds. The lowest BCUT2D eigenvalue weighted by Crippen LogP contribution is -2.19. The average Bonchev–Trinajstić information content (AvgIpc) is 3.05. The molecule has 0 unspecified atom stereocenters. The summed E-state index contributed by atoms with van der Waals surface area (Å²) in [6.45, 7) is 4.15. The van der Waals surface area contributed by atoms with Gasteiger partial charge in [-0.15, -0.1) is 0 Å². The maximum Gasteiger partial charge on any atom is 0.175 e. The van der Waals surface area contributed by atoms with Gasteiger partial charge in [0.1, 0.15) is 5.82 Å². The van der Waals surface area contributed by atoms with E-state index in [9.17, 15) is 0 Å². The molecule has 0 aliphatic carbocycles. The van der Waals surface area contributed by atoms with Crippen LogP contribution in [0, 0.1) is 13.8 Å². The molecule has 0 radical (unpaired) electrons. The predicted molar refractivity (Wildman–Crippen MR) is 117 cm³/mol. The Kier molecular flexibility index (Phi) is 4.60. The lowest BCUT2D eigenvalue weighted by atomic mass is 10.1. The molecule has 0 atom stereocenters. The lowest BCUT2D eigenvalue weighted by molar-refractivity contribution is 1.34. The first-order chi connectivity index (χ1) is 13.1. The third kappa shape index (κ3) is 3.99. The Balaban J connectivity index is 1.46. The van der Waals surface area contributed by atoms with E-state index in [1.165, 1.54) is 11.1 Å². The van der Waals surface area contributed by atoms with Crippen LogP contribution in [0.1, 0.15) is 11.1 Å². The van der Waals surface area contributed by atoms with E-state index in [0.717, 1.165) is 33.8 Å². The largest absolute Gasteiger partial charge is 0.338 e. The molecule has 0 aliphatic heterocycles. The fourth-order valence-corrected chi connectivity index (χ4v) is 3.38. The first-order valence-electron chi connectivity index (χ1n) is 8.78. The normalized spacial score (nSPS) is 10.7. The number of nitrogens with zero attached hydrogens (tertiary/aromatic N) is 1. The zero-order chi connectivity index (χ0) is 18.8. The number of hydrogen-bond acceptors (Lipinski definition) is 2. The van der Waals surface area contributed by atoms with Crippen molar-refractivity contribution in [2.24, 2.45) is 0 Å². The van der Waals surface area contributed by atoms with Crippen LogP contribution in [0.25, 0.3) is 22.4 Å². The fourth-order valence-electron chi connectivity index (χ4n) is 3.14. The van der Waals surface area contributed by atoms with E-state index >= 15 is 0 Å². The molecule has 1 aromatic heterocycles. The van der Waals surface area contributed by atoms with Crippen LogP contribution in [0.2, 0.25) is 0 Å². The molecule has 0 spiro atoms. The molecule has 4 aromatic rings. The second kappa shape index (κ2) is 7.21. The van der Waals surface area contributed by atoms with Crippen LogP contribution in [0.5, 0.6) is 0 Å². The van der Waals surface area contributed by atoms with Crippen LogP contribution in [-0.4, -0.2) is 15.1 Å². The number of anilines is 2. The third-order valence-electron chi connectivity index (χ3n) is 4.29. The first-order valence-corrected chi connectivity index (χ1v) is 9.19. The van der Waals surface area contributed by atoms with Crippen molar-refractivity contribution in [1.82, 2.24) is 9.97 Å². The highest BCUT2D eigenvalue weighted by Crippen LogP contribution is 2.22. The second-order valence-electron chi connectivity index (χ2n) is 6.64. The summed E-state index contributed by atoms with van der Waals surface area (Å²) < 4.78 is 0. The number of rotatable bonds is 3. The average molecular weight is 372 g/mol. The van der Waals surface area contributed by atoms with Crippen LogP contribution in [0.3, 0.4) is 0 Å². The van der Waals surface area contributed by atoms with E-state index in [1.54, 1.807) is 0 Å². The summed E-state index contributed by atoms with van der Waals surface area (Å²) in [5.41, 5.74) is 7.36. The van der Waals surface area contributed by atoms with Crippen LogP contribution >= 0.6 is 12.2 Å². The van der Waals surface area contributed by atoms with Crippen molar-refractivity contribution in [2.45, 2.75) is 13.8 Å². The number of aromatic amines is 1. The van der Waals surface area contributed by atoms with Gasteiger partial charge in [-0.05, 0) is 85.7 Å². The molecule has 0 bridgehead atoms. The zero-order valence-corrected chi connectivity index (χ0v) is 16.0. The summed E-state index contributed by atoms with van der Waals surface area (Å²) in [6.07, 6.45) is 0. The van der Waals surface area contributed by atoms with E-state index in [-0.39, 0.29) is 0 Å². The molecule has 0 saturated carbocycles. The Labute approximate surface area is 163 Å². The van der Waals surface area contributed by atoms with Gasteiger partial charge in [0.15, 0.2) is 5.11 Å². The van der Waals surface area contributed by atoms with E-state index < -0.39 is 0 Å². The minimum absolute atomic E-state index is 0.566. The molecule has 0 saturated heterocycles. The topological polar surface area (TPSA) is 52.7 Å². The third-order valence-corrected chi connectivity index (χ3v) is 4.49. The van der Waals surface area contributed by atoms with Gasteiger partial charge in [0.25, 0.3) is 0 Å². The number of nitrogens with one attached hydrogen (secondary N) is 3. The van der Waals surface area contributed by atoms with Gasteiger partial charge >= 0.3 is 0 Å². The van der Waals surface area contributed by atoms with Gasteiger partial charge in [0.2, 0.25) is 0 Å². The number of benzene rings is 3. The van der Waals surface area contributed by atoms with Gasteiger partial charge < -0.3 is 15.6 Å². The maximum atomic E-state index is 5.43. The number of thiocarbonyl (C=S) groups is 1. The lowest BCUT2D eigenvalue weighted by Gasteiger charge is -2.12. The molecule has 134 valence electrons. The Morgan fingerprint density at radius 1 is 0.852 bits per heavy atom. The minimum Gasteiger partial charge on any atom is -0.338 e. The minimum atomic E-state index is 0.566. The summed E-state index contributed by atoms with van der Waals surface area (Å²) in [7, 11) is 0. The van der Waals surface area contributed by atoms with Crippen molar-refractivity contribution >= 4 is 39.7 Å². The highest BCUT2D eigenvalue weighted by atomic mass is 32.1. The van der Waals surface area contributed by atoms with Crippen LogP contribution < -0.4 is 10.6 Å². The molecule has 27 heavy (non-hydrogen) atoms. The molecular formula is C22H20N4S. The Hall–Kier alpha value is -3.18. The number of aromatic nitrogens is 2. The van der Waals surface area contributed by atoms with Gasteiger partial charge in [-0.3, -0.25) is 0 Å². The number of aryl methyl sites for hydroxylation is 2. The smallest absolute Gasteiger partial charge is 0.175 e. The summed E-state index contributed by atoms with van der Waals surface area (Å²) in [5.74, 6) is 0.860. The molecule has 0 aliphatic rings. The monoisotopic (exact) mass is 372 g/mol.